The van der Waals surface area contributed by atoms with E-state index in [9.17, 15) is 20.2 Å². The summed E-state index contributed by atoms with van der Waals surface area (Å²) in [6, 6.07) is 13.4. The standard InChI is InChI=1S/C18H16N4O4/c23-21(24)16-9-10-17(18(12-16)22(25)26)20-19-15-8-4-7-14(11-15)13-5-2-1-3-6-13/h1-3,5-6,9-12,20H,4,7-8H2. The first-order chi connectivity index (χ1) is 12.5. The number of non-ortho nitro benzene ring substituents is 1. The van der Waals surface area contributed by atoms with E-state index in [0.717, 1.165) is 42.2 Å². The van der Waals surface area contributed by atoms with Crippen molar-refractivity contribution in [3.63, 3.8) is 0 Å². The molecular formula is C18H16N4O4. The SMILES string of the molecule is O=[N+]([O-])c1ccc(NN=C2C=C(c3ccccc3)CCC2)c([N+](=O)[O-])c1. The second-order valence-corrected chi connectivity index (χ2v) is 5.82. The minimum absolute atomic E-state index is 0.119. The van der Waals surface area contributed by atoms with Crippen LogP contribution in [-0.4, -0.2) is 15.6 Å². The molecule has 0 heterocycles. The van der Waals surface area contributed by atoms with Gasteiger partial charge < -0.3 is 0 Å². The number of nitrogens with one attached hydrogen (secondary N) is 1. The van der Waals surface area contributed by atoms with Crippen LogP contribution in [0.4, 0.5) is 17.1 Å². The summed E-state index contributed by atoms with van der Waals surface area (Å²) in [5.74, 6) is 0. The fourth-order valence-corrected chi connectivity index (χ4v) is 2.78. The van der Waals surface area contributed by atoms with Crippen molar-refractivity contribution >= 4 is 28.3 Å². The van der Waals surface area contributed by atoms with Gasteiger partial charge >= 0.3 is 5.69 Å². The first-order valence-corrected chi connectivity index (χ1v) is 8.06. The molecule has 1 aliphatic rings. The van der Waals surface area contributed by atoms with Gasteiger partial charge in [0.2, 0.25) is 0 Å². The molecule has 0 aliphatic heterocycles. The molecule has 2 aromatic carbocycles. The highest BCUT2D eigenvalue weighted by molar-refractivity contribution is 6.02. The molecule has 3 rings (SSSR count). The molecule has 0 radical (unpaired) electrons. The first-order valence-electron chi connectivity index (χ1n) is 8.06. The number of benzene rings is 2. The van der Waals surface area contributed by atoms with Crippen molar-refractivity contribution in [2.45, 2.75) is 19.3 Å². The minimum Gasteiger partial charge on any atom is -0.271 e. The van der Waals surface area contributed by atoms with E-state index < -0.39 is 9.85 Å². The van der Waals surface area contributed by atoms with Crippen molar-refractivity contribution in [3.05, 3.63) is 80.4 Å². The molecule has 0 fully saturated rings. The van der Waals surface area contributed by atoms with Gasteiger partial charge in [-0.3, -0.25) is 25.7 Å². The summed E-state index contributed by atoms with van der Waals surface area (Å²) in [5.41, 5.74) is 5.15. The molecule has 1 aliphatic carbocycles. The molecule has 0 aromatic heterocycles. The maximum atomic E-state index is 11.2. The summed E-state index contributed by atoms with van der Waals surface area (Å²) in [7, 11) is 0. The molecule has 0 atom stereocenters. The smallest absolute Gasteiger partial charge is 0.271 e. The summed E-state index contributed by atoms with van der Waals surface area (Å²) in [6.45, 7) is 0. The van der Waals surface area contributed by atoms with E-state index in [-0.39, 0.29) is 17.1 Å². The number of nitrogens with zero attached hydrogens (tertiary/aromatic N) is 3. The van der Waals surface area contributed by atoms with Crippen LogP contribution in [0.15, 0.2) is 59.7 Å². The molecule has 132 valence electrons. The van der Waals surface area contributed by atoms with Crippen LogP contribution in [0.5, 0.6) is 0 Å². The Balaban J connectivity index is 1.85. The van der Waals surface area contributed by atoms with Crippen molar-refractivity contribution in [3.8, 4) is 0 Å². The summed E-state index contributed by atoms with van der Waals surface area (Å²) >= 11 is 0. The lowest BCUT2D eigenvalue weighted by atomic mass is 9.93. The van der Waals surface area contributed by atoms with E-state index in [1.807, 2.05) is 36.4 Å². The Kier molecular flexibility index (Phi) is 5.02. The van der Waals surface area contributed by atoms with Crippen LogP contribution < -0.4 is 5.43 Å². The van der Waals surface area contributed by atoms with Gasteiger partial charge in [0.15, 0.2) is 0 Å². The quantitative estimate of drug-likeness (QED) is 0.627. The number of rotatable bonds is 5. The van der Waals surface area contributed by atoms with Gasteiger partial charge in [0.25, 0.3) is 5.69 Å². The maximum absolute atomic E-state index is 11.2. The highest BCUT2D eigenvalue weighted by Gasteiger charge is 2.19. The average molecular weight is 352 g/mol. The molecule has 0 spiro atoms. The van der Waals surface area contributed by atoms with Gasteiger partial charge in [0.05, 0.1) is 21.6 Å². The van der Waals surface area contributed by atoms with Gasteiger partial charge in [-0.1, -0.05) is 30.3 Å². The fraction of sp³-hybridized carbons (Fsp3) is 0.167. The topological polar surface area (TPSA) is 111 Å². The van der Waals surface area contributed by atoms with Gasteiger partial charge in [0.1, 0.15) is 5.69 Å². The van der Waals surface area contributed by atoms with Gasteiger partial charge in [0, 0.05) is 6.07 Å². The monoisotopic (exact) mass is 352 g/mol. The summed E-state index contributed by atoms with van der Waals surface area (Å²) in [6.07, 6.45) is 4.61. The lowest BCUT2D eigenvalue weighted by Crippen LogP contribution is -2.06. The molecule has 0 bridgehead atoms. The third kappa shape index (κ3) is 3.92. The second kappa shape index (κ2) is 7.56. The zero-order valence-corrected chi connectivity index (χ0v) is 13.8. The van der Waals surface area contributed by atoms with Crippen molar-refractivity contribution < 1.29 is 9.85 Å². The van der Waals surface area contributed by atoms with Crippen molar-refractivity contribution in [2.75, 3.05) is 5.43 Å². The van der Waals surface area contributed by atoms with Crippen LogP contribution in [0.1, 0.15) is 24.8 Å². The molecule has 0 amide bonds. The van der Waals surface area contributed by atoms with E-state index in [1.54, 1.807) is 0 Å². The van der Waals surface area contributed by atoms with Crippen molar-refractivity contribution in [1.82, 2.24) is 0 Å². The van der Waals surface area contributed by atoms with Crippen molar-refractivity contribution in [2.24, 2.45) is 5.10 Å². The molecular weight excluding hydrogens is 336 g/mol. The van der Waals surface area contributed by atoms with Crippen LogP contribution in [0.3, 0.4) is 0 Å². The fourth-order valence-electron chi connectivity index (χ4n) is 2.78. The van der Waals surface area contributed by atoms with E-state index in [2.05, 4.69) is 10.5 Å². The maximum Gasteiger partial charge on any atom is 0.301 e. The highest BCUT2D eigenvalue weighted by Crippen LogP contribution is 2.30. The van der Waals surface area contributed by atoms with Gasteiger partial charge in [-0.2, -0.15) is 5.10 Å². The summed E-state index contributed by atoms with van der Waals surface area (Å²) in [4.78, 5) is 20.6. The number of nitro groups is 2. The Labute approximate surface area is 149 Å². The normalized spacial score (nSPS) is 15.4. The van der Waals surface area contributed by atoms with E-state index >= 15 is 0 Å². The number of anilines is 1. The molecule has 8 nitrogen and oxygen atoms in total. The third-order valence-electron chi connectivity index (χ3n) is 4.07. The van der Waals surface area contributed by atoms with E-state index in [4.69, 9.17) is 0 Å². The van der Waals surface area contributed by atoms with Gasteiger partial charge in [-0.05, 0) is 42.5 Å². The van der Waals surface area contributed by atoms with Crippen LogP contribution in [-0.2, 0) is 0 Å². The second-order valence-electron chi connectivity index (χ2n) is 5.82. The number of hydrogen-bond acceptors (Lipinski definition) is 6. The highest BCUT2D eigenvalue weighted by atomic mass is 16.6. The Morgan fingerprint density at radius 3 is 2.42 bits per heavy atom. The number of nitro benzene ring substituents is 2. The Bertz CT molecular complexity index is 907. The molecule has 2 aromatic rings. The van der Waals surface area contributed by atoms with Gasteiger partial charge in [-0.15, -0.1) is 0 Å². The lowest BCUT2D eigenvalue weighted by molar-refractivity contribution is -0.393. The van der Waals surface area contributed by atoms with E-state index in [0.29, 0.717) is 0 Å². The molecule has 8 heteroatoms. The first kappa shape index (κ1) is 17.3. The average Bonchev–Trinajstić information content (AvgIpc) is 2.67. The summed E-state index contributed by atoms with van der Waals surface area (Å²) < 4.78 is 0. The molecule has 0 saturated heterocycles. The molecule has 1 N–H and O–H groups in total. The zero-order chi connectivity index (χ0) is 18.5. The van der Waals surface area contributed by atoms with Crippen LogP contribution in [0.2, 0.25) is 0 Å². The van der Waals surface area contributed by atoms with Gasteiger partial charge in [-0.25, -0.2) is 0 Å². The Hall–Kier alpha value is -3.55. The summed E-state index contributed by atoms with van der Waals surface area (Å²) in [5, 5.41) is 26.2. The Morgan fingerprint density at radius 2 is 1.73 bits per heavy atom. The molecule has 0 saturated carbocycles. The van der Waals surface area contributed by atoms with E-state index in [1.165, 1.54) is 12.1 Å². The van der Waals surface area contributed by atoms with Crippen LogP contribution >= 0.6 is 0 Å². The Morgan fingerprint density at radius 1 is 0.962 bits per heavy atom. The van der Waals surface area contributed by atoms with Crippen LogP contribution in [0, 0.1) is 20.2 Å². The molecule has 0 unspecified atom stereocenters. The molecule has 26 heavy (non-hydrogen) atoms. The third-order valence-corrected chi connectivity index (χ3v) is 4.07. The van der Waals surface area contributed by atoms with Crippen molar-refractivity contribution in [1.29, 1.82) is 0 Å². The predicted molar refractivity (Wildman–Crippen MR) is 99.1 cm³/mol. The largest absolute Gasteiger partial charge is 0.301 e. The minimum atomic E-state index is -0.668. The zero-order valence-electron chi connectivity index (χ0n) is 13.8. The lowest BCUT2D eigenvalue weighted by Gasteiger charge is -2.15. The number of hydrogen-bond donors (Lipinski definition) is 1. The number of allylic oxidation sites excluding steroid dienone is 2. The van der Waals surface area contributed by atoms with Crippen LogP contribution in [0.25, 0.3) is 5.57 Å². The number of hydrazone groups is 1. The predicted octanol–water partition coefficient (Wildman–Crippen LogP) is 4.54.